The molecule has 0 aliphatic heterocycles. The smallest absolute Gasteiger partial charge is 0.334 e. The molecule has 0 rings (SSSR count). The first-order valence-corrected chi connectivity index (χ1v) is 4.99. The fourth-order valence-corrected chi connectivity index (χ4v) is 1.28. The molecule has 14 heavy (non-hydrogen) atoms. The Morgan fingerprint density at radius 2 is 2.07 bits per heavy atom. The van der Waals surface area contributed by atoms with Crippen LogP contribution in [0.4, 0.5) is 0 Å². The van der Waals surface area contributed by atoms with Crippen LogP contribution in [0.2, 0.25) is 0 Å². The van der Waals surface area contributed by atoms with Crippen LogP contribution in [-0.2, 0) is 9.53 Å². The molecule has 0 spiro atoms. The van der Waals surface area contributed by atoms with Crippen molar-refractivity contribution >= 4 is 5.97 Å². The minimum absolute atomic E-state index is 0.314. The van der Waals surface area contributed by atoms with Crippen molar-refractivity contribution in [2.45, 2.75) is 46.1 Å². The predicted octanol–water partition coefficient (Wildman–Crippen LogP) is 2.61. The van der Waals surface area contributed by atoms with Gasteiger partial charge < -0.3 is 9.84 Å². The molecule has 0 aromatic carbocycles. The number of aliphatic carboxylic acids is 1. The van der Waals surface area contributed by atoms with Crippen molar-refractivity contribution in [2.75, 3.05) is 6.61 Å². The van der Waals surface area contributed by atoms with Gasteiger partial charge in [-0.2, -0.15) is 0 Å². The molecule has 0 bridgehead atoms. The van der Waals surface area contributed by atoms with Crippen LogP contribution in [0.5, 0.6) is 0 Å². The van der Waals surface area contributed by atoms with E-state index in [0.29, 0.717) is 12.2 Å². The second kappa shape index (κ2) is 5.81. The van der Waals surface area contributed by atoms with Gasteiger partial charge in [0.15, 0.2) is 0 Å². The zero-order valence-corrected chi connectivity index (χ0v) is 9.46. The van der Waals surface area contributed by atoms with Gasteiger partial charge in [0.05, 0.1) is 11.2 Å². The van der Waals surface area contributed by atoms with Gasteiger partial charge in [-0.05, 0) is 27.2 Å². The lowest BCUT2D eigenvalue weighted by atomic mass is 9.97. The van der Waals surface area contributed by atoms with Gasteiger partial charge in [0.1, 0.15) is 0 Å². The first kappa shape index (κ1) is 13.2. The van der Waals surface area contributed by atoms with Crippen LogP contribution >= 0.6 is 0 Å². The van der Waals surface area contributed by atoms with E-state index in [9.17, 15) is 4.79 Å². The standard InChI is InChI=1S/C11H20O3/c1-5-7-8-14-11(3,4)9(6-2)10(12)13/h6H,5,7-8H2,1-4H3,(H,12,13)/b9-6-. The fourth-order valence-electron chi connectivity index (χ4n) is 1.28. The van der Waals surface area contributed by atoms with E-state index in [1.54, 1.807) is 26.8 Å². The minimum atomic E-state index is -0.908. The second-order valence-electron chi connectivity index (χ2n) is 3.72. The zero-order valence-electron chi connectivity index (χ0n) is 9.46. The van der Waals surface area contributed by atoms with Crippen molar-refractivity contribution in [3.8, 4) is 0 Å². The summed E-state index contributed by atoms with van der Waals surface area (Å²) >= 11 is 0. The molecular formula is C11H20O3. The lowest BCUT2D eigenvalue weighted by Crippen LogP contribution is -2.31. The summed E-state index contributed by atoms with van der Waals surface area (Å²) in [7, 11) is 0. The van der Waals surface area contributed by atoms with E-state index in [0.717, 1.165) is 12.8 Å². The quantitative estimate of drug-likeness (QED) is 0.529. The van der Waals surface area contributed by atoms with E-state index in [4.69, 9.17) is 9.84 Å². The van der Waals surface area contributed by atoms with Crippen molar-refractivity contribution in [1.82, 2.24) is 0 Å². The first-order chi connectivity index (χ1) is 6.45. The molecule has 0 saturated heterocycles. The molecule has 0 aromatic rings. The molecule has 0 heterocycles. The molecule has 1 N–H and O–H groups in total. The van der Waals surface area contributed by atoms with Gasteiger partial charge >= 0.3 is 5.97 Å². The summed E-state index contributed by atoms with van der Waals surface area (Å²) in [5, 5.41) is 8.92. The highest BCUT2D eigenvalue weighted by atomic mass is 16.5. The van der Waals surface area contributed by atoms with E-state index in [1.807, 2.05) is 0 Å². The lowest BCUT2D eigenvalue weighted by molar-refractivity contribution is -0.135. The summed E-state index contributed by atoms with van der Waals surface area (Å²) in [4.78, 5) is 10.9. The molecule has 0 fully saturated rings. The van der Waals surface area contributed by atoms with Crippen LogP contribution in [-0.4, -0.2) is 23.3 Å². The number of rotatable bonds is 6. The summed E-state index contributed by atoms with van der Waals surface area (Å²) in [6.45, 7) is 7.96. The van der Waals surface area contributed by atoms with E-state index >= 15 is 0 Å². The molecule has 3 heteroatoms. The minimum Gasteiger partial charge on any atom is -0.478 e. The Kier molecular flexibility index (Phi) is 5.46. The number of unbranched alkanes of at least 4 members (excludes halogenated alkanes) is 1. The Balaban J connectivity index is 4.35. The average Bonchev–Trinajstić information content (AvgIpc) is 2.04. The van der Waals surface area contributed by atoms with Crippen LogP contribution in [0.25, 0.3) is 0 Å². The molecule has 0 amide bonds. The molecule has 0 radical (unpaired) electrons. The molecule has 82 valence electrons. The third-order valence-corrected chi connectivity index (χ3v) is 2.13. The fraction of sp³-hybridized carbons (Fsp3) is 0.727. The van der Waals surface area contributed by atoms with E-state index in [1.165, 1.54) is 0 Å². The van der Waals surface area contributed by atoms with Gasteiger partial charge in [-0.1, -0.05) is 19.4 Å². The normalized spacial score (nSPS) is 13.0. The highest BCUT2D eigenvalue weighted by Gasteiger charge is 2.28. The number of carboxylic acids is 1. The molecule has 0 aliphatic rings. The molecular weight excluding hydrogens is 180 g/mol. The Hall–Kier alpha value is -0.830. The zero-order chi connectivity index (χ0) is 11.2. The van der Waals surface area contributed by atoms with Gasteiger partial charge in [0.2, 0.25) is 0 Å². The van der Waals surface area contributed by atoms with E-state index < -0.39 is 11.6 Å². The monoisotopic (exact) mass is 200 g/mol. The largest absolute Gasteiger partial charge is 0.478 e. The topological polar surface area (TPSA) is 46.5 Å². The Morgan fingerprint density at radius 3 is 2.43 bits per heavy atom. The number of carbonyl (C=O) groups is 1. The van der Waals surface area contributed by atoms with Crippen molar-refractivity contribution < 1.29 is 14.6 Å². The number of ether oxygens (including phenoxy) is 1. The summed E-state index contributed by atoms with van der Waals surface area (Å²) in [6.07, 6.45) is 3.60. The Labute approximate surface area is 85.8 Å². The van der Waals surface area contributed by atoms with Crippen molar-refractivity contribution in [3.63, 3.8) is 0 Å². The highest BCUT2D eigenvalue weighted by Crippen LogP contribution is 2.21. The van der Waals surface area contributed by atoms with Crippen molar-refractivity contribution in [3.05, 3.63) is 11.6 Å². The molecule has 0 aromatic heterocycles. The lowest BCUT2D eigenvalue weighted by Gasteiger charge is -2.25. The van der Waals surface area contributed by atoms with Crippen LogP contribution in [0.3, 0.4) is 0 Å². The van der Waals surface area contributed by atoms with Crippen molar-refractivity contribution in [2.24, 2.45) is 0 Å². The van der Waals surface area contributed by atoms with Gasteiger partial charge in [-0.3, -0.25) is 0 Å². The molecule has 0 atom stereocenters. The summed E-state index contributed by atoms with van der Waals surface area (Å²) in [5.74, 6) is -0.908. The van der Waals surface area contributed by atoms with Gasteiger partial charge in [-0.15, -0.1) is 0 Å². The van der Waals surface area contributed by atoms with Gasteiger partial charge in [0.25, 0.3) is 0 Å². The van der Waals surface area contributed by atoms with Gasteiger partial charge in [0, 0.05) is 6.61 Å². The molecule has 0 aliphatic carbocycles. The maximum atomic E-state index is 10.9. The summed E-state index contributed by atoms with van der Waals surface area (Å²) in [5.41, 5.74) is -0.385. The highest BCUT2D eigenvalue weighted by molar-refractivity contribution is 5.88. The van der Waals surface area contributed by atoms with Gasteiger partial charge in [-0.25, -0.2) is 4.79 Å². The van der Waals surface area contributed by atoms with E-state index in [-0.39, 0.29) is 0 Å². The molecule has 0 saturated carbocycles. The Morgan fingerprint density at radius 1 is 1.50 bits per heavy atom. The van der Waals surface area contributed by atoms with Crippen LogP contribution in [0.15, 0.2) is 11.6 Å². The third-order valence-electron chi connectivity index (χ3n) is 2.13. The SMILES string of the molecule is C/C=C(/C(=O)O)C(C)(C)OCCCC. The second-order valence-corrected chi connectivity index (χ2v) is 3.72. The van der Waals surface area contributed by atoms with Crippen LogP contribution in [0.1, 0.15) is 40.5 Å². The summed E-state index contributed by atoms with van der Waals surface area (Å²) in [6, 6.07) is 0. The maximum absolute atomic E-state index is 10.9. The molecule has 3 nitrogen and oxygen atoms in total. The number of carboxylic acid groups (broad SMARTS) is 1. The average molecular weight is 200 g/mol. The third kappa shape index (κ3) is 3.92. The number of hydrogen-bond donors (Lipinski definition) is 1. The van der Waals surface area contributed by atoms with E-state index in [2.05, 4.69) is 6.92 Å². The van der Waals surface area contributed by atoms with Crippen LogP contribution in [0, 0.1) is 0 Å². The maximum Gasteiger partial charge on any atom is 0.334 e. The first-order valence-electron chi connectivity index (χ1n) is 4.99. The number of hydrogen-bond acceptors (Lipinski definition) is 2. The van der Waals surface area contributed by atoms with Crippen molar-refractivity contribution in [1.29, 1.82) is 0 Å². The molecule has 0 unspecified atom stereocenters. The summed E-state index contributed by atoms with van der Waals surface area (Å²) < 4.78 is 5.54. The predicted molar refractivity (Wildman–Crippen MR) is 56.3 cm³/mol. The van der Waals surface area contributed by atoms with Crippen LogP contribution < -0.4 is 0 Å². The number of allylic oxidation sites excluding steroid dienone is 1. The Bertz CT molecular complexity index is 217.